The van der Waals surface area contributed by atoms with Crippen molar-refractivity contribution in [1.29, 1.82) is 0 Å². The summed E-state index contributed by atoms with van der Waals surface area (Å²) in [4.78, 5) is 0. The summed E-state index contributed by atoms with van der Waals surface area (Å²) in [6.07, 6.45) is 6.35. The second-order valence-corrected chi connectivity index (χ2v) is 5.53. The lowest BCUT2D eigenvalue weighted by molar-refractivity contribution is 0.484. The second-order valence-electron chi connectivity index (χ2n) is 5.13. The van der Waals surface area contributed by atoms with Crippen molar-refractivity contribution in [1.82, 2.24) is 5.32 Å². The molecule has 1 aromatic carbocycles. The Hall–Kier alpha value is -0.530. The molecule has 2 unspecified atom stereocenters. The monoisotopic (exact) mass is 251 g/mol. The van der Waals surface area contributed by atoms with Crippen LogP contribution in [0.25, 0.3) is 0 Å². The average molecular weight is 252 g/mol. The van der Waals surface area contributed by atoms with Gasteiger partial charge in [-0.3, -0.25) is 0 Å². The highest BCUT2D eigenvalue weighted by Crippen LogP contribution is 2.30. The lowest BCUT2D eigenvalue weighted by Crippen LogP contribution is -2.27. The molecule has 0 spiro atoms. The third-order valence-electron chi connectivity index (χ3n) is 3.69. The molecule has 0 saturated heterocycles. The summed E-state index contributed by atoms with van der Waals surface area (Å²) in [6, 6.07) is 8.99. The van der Waals surface area contributed by atoms with Crippen molar-refractivity contribution in [2.24, 2.45) is 5.92 Å². The fraction of sp³-hybridized carbons (Fsp3) is 0.600. The van der Waals surface area contributed by atoms with Crippen LogP contribution in [0.15, 0.2) is 24.3 Å². The number of halogens is 1. The fourth-order valence-corrected chi connectivity index (χ4v) is 2.98. The predicted molar refractivity (Wildman–Crippen MR) is 74.6 cm³/mol. The minimum absolute atomic E-state index is 0.738. The van der Waals surface area contributed by atoms with Gasteiger partial charge in [0.05, 0.1) is 0 Å². The summed E-state index contributed by atoms with van der Waals surface area (Å²) in [5.74, 6) is 0.809. The molecule has 0 amide bonds. The van der Waals surface area contributed by atoms with Gasteiger partial charge < -0.3 is 5.32 Å². The van der Waals surface area contributed by atoms with E-state index >= 15 is 0 Å². The smallest absolute Gasteiger partial charge is 0.0438 e. The Kier molecular flexibility index (Phi) is 4.87. The first-order valence-corrected chi connectivity index (χ1v) is 7.14. The molecular weight excluding hydrogens is 230 g/mol. The van der Waals surface area contributed by atoms with E-state index in [1.165, 1.54) is 31.2 Å². The topological polar surface area (TPSA) is 12.0 Å². The Bertz CT molecular complexity index is 351. The van der Waals surface area contributed by atoms with Crippen LogP contribution in [0.5, 0.6) is 0 Å². The molecule has 1 fully saturated rings. The predicted octanol–water partition coefficient (Wildman–Crippen LogP) is 4.05. The molecule has 1 aliphatic carbocycles. The van der Waals surface area contributed by atoms with Crippen LogP contribution in [-0.2, 0) is 6.42 Å². The average Bonchev–Trinajstić information content (AvgIpc) is 2.77. The number of hydrogen-bond donors (Lipinski definition) is 1. The van der Waals surface area contributed by atoms with Crippen molar-refractivity contribution in [3.63, 3.8) is 0 Å². The maximum absolute atomic E-state index is 6.21. The van der Waals surface area contributed by atoms with E-state index in [4.69, 9.17) is 11.6 Å². The zero-order valence-electron chi connectivity index (χ0n) is 10.6. The fourth-order valence-electron chi connectivity index (χ4n) is 2.77. The summed E-state index contributed by atoms with van der Waals surface area (Å²) >= 11 is 6.21. The molecule has 17 heavy (non-hydrogen) atoms. The molecule has 1 nitrogen and oxygen atoms in total. The van der Waals surface area contributed by atoms with Crippen molar-refractivity contribution in [2.45, 2.75) is 45.1 Å². The van der Waals surface area contributed by atoms with E-state index in [1.807, 2.05) is 12.1 Å². The first kappa shape index (κ1) is 12.9. The van der Waals surface area contributed by atoms with Crippen molar-refractivity contribution < 1.29 is 0 Å². The third kappa shape index (κ3) is 3.72. The molecule has 94 valence electrons. The van der Waals surface area contributed by atoms with Gasteiger partial charge in [-0.25, -0.2) is 0 Å². The molecule has 2 atom stereocenters. The highest BCUT2D eigenvalue weighted by Gasteiger charge is 2.24. The Morgan fingerprint density at radius 1 is 1.29 bits per heavy atom. The molecule has 1 N–H and O–H groups in total. The summed E-state index contributed by atoms with van der Waals surface area (Å²) in [6.45, 7) is 3.38. The second kappa shape index (κ2) is 6.42. The van der Waals surface area contributed by atoms with Crippen molar-refractivity contribution in [2.75, 3.05) is 6.54 Å². The van der Waals surface area contributed by atoms with E-state index in [0.29, 0.717) is 0 Å². The third-order valence-corrected chi connectivity index (χ3v) is 4.06. The quantitative estimate of drug-likeness (QED) is 0.833. The van der Waals surface area contributed by atoms with Gasteiger partial charge in [-0.05, 0) is 56.2 Å². The molecule has 0 bridgehead atoms. The Labute approximate surface area is 110 Å². The molecule has 2 heteroatoms. The van der Waals surface area contributed by atoms with Gasteiger partial charge in [0.25, 0.3) is 0 Å². The van der Waals surface area contributed by atoms with Gasteiger partial charge in [0.15, 0.2) is 0 Å². The number of nitrogens with one attached hydrogen (secondary N) is 1. The molecule has 0 aliphatic heterocycles. The molecule has 0 radical (unpaired) electrons. The van der Waals surface area contributed by atoms with Gasteiger partial charge in [-0.2, -0.15) is 0 Å². The first-order valence-electron chi connectivity index (χ1n) is 6.76. The van der Waals surface area contributed by atoms with Crippen LogP contribution >= 0.6 is 11.6 Å². The number of rotatable bonds is 5. The largest absolute Gasteiger partial charge is 0.314 e. The summed E-state index contributed by atoms with van der Waals surface area (Å²) in [7, 11) is 0. The van der Waals surface area contributed by atoms with Gasteiger partial charge in [0, 0.05) is 11.1 Å². The van der Waals surface area contributed by atoms with Gasteiger partial charge in [0.2, 0.25) is 0 Å². The van der Waals surface area contributed by atoms with Crippen molar-refractivity contribution in [3.05, 3.63) is 34.9 Å². The Morgan fingerprint density at radius 3 is 2.88 bits per heavy atom. The van der Waals surface area contributed by atoms with E-state index in [-0.39, 0.29) is 0 Å². The Morgan fingerprint density at radius 2 is 2.12 bits per heavy atom. The van der Waals surface area contributed by atoms with Gasteiger partial charge in [-0.15, -0.1) is 0 Å². The highest BCUT2D eigenvalue weighted by molar-refractivity contribution is 6.31. The highest BCUT2D eigenvalue weighted by atomic mass is 35.5. The zero-order valence-corrected chi connectivity index (χ0v) is 11.3. The lowest BCUT2D eigenvalue weighted by Gasteiger charge is -2.13. The molecule has 2 rings (SSSR count). The standard InChI is InChI=1S/C15H22ClN/c1-2-9-17-14-8-7-12(11-14)10-13-5-3-4-6-15(13)16/h3-6,12,14,17H,2,7-11H2,1H3. The van der Waals surface area contributed by atoms with Gasteiger partial charge in [0.1, 0.15) is 0 Å². The van der Waals surface area contributed by atoms with E-state index in [1.54, 1.807) is 0 Å². The van der Waals surface area contributed by atoms with Gasteiger partial charge >= 0.3 is 0 Å². The minimum Gasteiger partial charge on any atom is -0.314 e. The van der Waals surface area contributed by atoms with Crippen LogP contribution in [0.1, 0.15) is 38.2 Å². The molecule has 0 aromatic heterocycles. The number of hydrogen-bond acceptors (Lipinski definition) is 1. The van der Waals surface area contributed by atoms with Gasteiger partial charge in [-0.1, -0.05) is 36.7 Å². The molecule has 1 saturated carbocycles. The molecule has 1 aromatic rings. The van der Waals surface area contributed by atoms with Crippen LogP contribution in [-0.4, -0.2) is 12.6 Å². The van der Waals surface area contributed by atoms with Crippen LogP contribution in [0.2, 0.25) is 5.02 Å². The van der Waals surface area contributed by atoms with Crippen LogP contribution in [0.4, 0.5) is 0 Å². The van der Waals surface area contributed by atoms with E-state index in [0.717, 1.165) is 29.9 Å². The maximum Gasteiger partial charge on any atom is 0.0438 e. The van der Waals surface area contributed by atoms with Crippen LogP contribution in [0.3, 0.4) is 0 Å². The van der Waals surface area contributed by atoms with Crippen LogP contribution < -0.4 is 5.32 Å². The molecular formula is C15H22ClN. The molecule has 0 heterocycles. The normalized spacial score (nSPS) is 24.1. The summed E-state index contributed by atoms with van der Waals surface area (Å²) in [5, 5.41) is 4.56. The number of benzene rings is 1. The van der Waals surface area contributed by atoms with Crippen molar-refractivity contribution in [3.8, 4) is 0 Å². The maximum atomic E-state index is 6.21. The van der Waals surface area contributed by atoms with E-state index in [2.05, 4.69) is 24.4 Å². The first-order chi connectivity index (χ1) is 8.29. The van der Waals surface area contributed by atoms with E-state index < -0.39 is 0 Å². The SMILES string of the molecule is CCCNC1CCC(Cc2ccccc2Cl)C1. The van der Waals surface area contributed by atoms with Crippen LogP contribution in [0, 0.1) is 5.92 Å². The lowest BCUT2D eigenvalue weighted by atomic mass is 9.98. The summed E-state index contributed by atoms with van der Waals surface area (Å²) in [5.41, 5.74) is 1.32. The van der Waals surface area contributed by atoms with Crippen molar-refractivity contribution >= 4 is 11.6 Å². The molecule has 1 aliphatic rings. The minimum atomic E-state index is 0.738. The Balaban J connectivity index is 1.83. The zero-order chi connectivity index (χ0) is 12.1. The van der Waals surface area contributed by atoms with E-state index in [9.17, 15) is 0 Å². The summed E-state index contributed by atoms with van der Waals surface area (Å²) < 4.78 is 0.